The number of aromatic amines is 1. The van der Waals surface area contributed by atoms with E-state index < -0.39 is 0 Å². The number of hydrogen-bond acceptors (Lipinski definition) is 1. The highest BCUT2D eigenvalue weighted by Gasteiger charge is 2.28. The molecule has 0 spiro atoms. The highest BCUT2D eigenvalue weighted by molar-refractivity contribution is 6.31. The second-order valence-electron chi connectivity index (χ2n) is 5.84. The van der Waals surface area contributed by atoms with Crippen molar-refractivity contribution in [2.24, 2.45) is 0 Å². The van der Waals surface area contributed by atoms with Crippen LogP contribution in [0, 0.1) is 12.7 Å². The second-order valence-corrected chi connectivity index (χ2v) is 6.25. The van der Waals surface area contributed by atoms with Crippen LogP contribution in [0.3, 0.4) is 0 Å². The van der Waals surface area contributed by atoms with Gasteiger partial charge >= 0.3 is 0 Å². The Kier molecular flexibility index (Phi) is 3.21. The molecule has 112 valence electrons. The first-order chi connectivity index (χ1) is 10.6. The Balaban J connectivity index is 1.95. The quantitative estimate of drug-likeness (QED) is 0.680. The van der Waals surface area contributed by atoms with Crippen LogP contribution in [0.15, 0.2) is 36.4 Å². The average molecular weight is 315 g/mol. The Labute approximate surface area is 133 Å². The number of hydrogen-bond donors (Lipinski definition) is 2. The van der Waals surface area contributed by atoms with E-state index >= 15 is 0 Å². The van der Waals surface area contributed by atoms with E-state index in [1.807, 2.05) is 0 Å². The lowest BCUT2D eigenvalue weighted by Gasteiger charge is -2.26. The van der Waals surface area contributed by atoms with Crippen LogP contribution in [0.1, 0.15) is 28.4 Å². The molecular weight excluding hydrogens is 299 g/mol. The Morgan fingerprint density at radius 2 is 2.09 bits per heavy atom. The minimum Gasteiger partial charge on any atom is -0.357 e. The minimum absolute atomic E-state index is 0.231. The maximum Gasteiger partial charge on any atom is 0.129 e. The summed E-state index contributed by atoms with van der Waals surface area (Å²) in [4.78, 5) is 3.46. The van der Waals surface area contributed by atoms with E-state index in [-0.39, 0.29) is 11.9 Å². The summed E-state index contributed by atoms with van der Waals surface area (Å²) in [7, 11) is 0. The van der Waals surface area contributed by atoms with Crippen molar-refractivity contribution in [1.82, 2.24) is 10.3 Å². The second kappa shape index (κ2) is 5.11. The van der Waals surface area contributed by atoms with Crippen molar-refractivity contribution in [3.05, 3.63) is 69.6 Å². The molecule has 4 rings (SSSR count). The molecule has 2 nitrogen and oxygen atoms in total. The van der Waals surface area contributed by atoms with Crippen LogP contribution < -0.4 is 5.32 Å². The smallest absolute Gasteiger partial charge is 0.129 e. The summed E-state index contributed by atoms with van der Waals surface area (Å²) in [5.74, 6) is -0.271. The third-order valence-corrected chi connectivity index (χ3v) is 4.72. The fraction of sp³-hybridized carbons (Fsp3) is 0.222. The summed E-state index contributed by atoms with van der Waals surface area (Å²) in [6, 6.07) is 11.0. The summed E-state index contributed by atoms with van der Waals surface area (Å²) in [5.41, 5.74) is 5.14. The van der Waals surface area contributed by atoms with Gasteiger partial charge in [-0.05, 0) is 43.2 Å². The molecule has 1 aromatic heterocycles. The monoisotopic (exact) mass is 314 g/mol. The zero-order valence-corrected chi connectivity index (χ0v) is 13.0. The first-order valence-electron chi connectivity index (χ1n) is 7.43. The molecule has 0 aliphatic carbocycles. The van der Waals surface area contributed by atoms with Gasteiger partial charge in [0.15, 0.2) is 0 Å². The highest BCUT2D eigenvalue weighted by atomic mass is 35.5. The van der Waals surface area contributed by atoms with Crippen LogP contribution in [0.2, 0.25) is 5.02 Å². The predicted octanol–water partition coefficient (Wildman–Crippen LogP) is 4.50. The molecule has 22 heavy (non-hydrogen) atoms. The Morgan fingerprint density at radius 1 is 1.23 bits per heavy atom. The van der Waals surface area contributed by atoms with Crippen molar-refractivity contribution in [3.8, 4) is 0 Å². The molecule has 1 aliphatic heterocycles. The maximum absolute atomic E-state index is 14.3. The Bertz CT molecular complexity index is 849. The molecule has 1 unspecified atom stereocenters. The highest BCUT2D eigenvalue weighted by Crippen LogP contribution is 2.37. The number of fused-ring (bicyclic) bond motifs is 3. The normalized spacial score (nSPS) is 17.7. The number of H-pyrrole nitrogens is 1. The summed E-state index contributed by atoms with van der Waals surface area (Å²) in [6.45, 7) is 2.90. The average Bonchev–Trinajstić information content (AvgIpc) is 2.86. The van der Waals surface area contributed by atoms with Gasteiger partial charge in [-0.1, -0.05) is 29.3 Å². The summed E-state index contributed by atoms with van der Waals surface area (Å²) >= 11 is 6.26. The van der Waals surface area contributed by atoms with Crippen molar-refractivity contribution in [1.29, 1.82) is 0 Å². The van der Waals surface area contributed by atoms with E-state index in [0.29, 0.717) is 10.6 Å². The van der Waals surface area contributed by atoms with Gasteiger partial charge in [0.1, 0.15) is 5.82 Å². The predicted molar refractivity (Wildman–Crippen MR) is 88.0 cm³/mol. The van der Waals surface area contributed by atoms with Gasteiger partial charge in [0.05, 0.1) is 6.04 Å². The molecule has 1 atom stereocenters. The summed E-state index contributed by atoms with van der Waals surface area (Å²) < 4.78 is 14.3. The number of aryl methyl sites for hydroxylation is 1. The van der Waals surface area contributed by atoms with Crippen LogP contribution in [0.4, 0.5) is 4.39 Å². The molecule has 0 saturated heterocycles. The van der Waals surface area contributed by atoms with Gasteiger partial charge in [-0.3, -0.25) is 0 Å². The Hall–Kier alpha value is -1.84. The lowest BCUT2D eigenvalue weighted by Crippen LogP contribution is -2.31. The number of nitrogens with one attached hydrogen (secondary N) is 2. The van der Waals surface area contributed by atoms with Gasteiger partial charge in [-0.15, -0.1) is 0 Å². The van der Waals surface area contributed by atoms with Crippen LogP contribution in [0.5, 0.6) is 0 Å². The fourth-order valence-electron chi connectivity index (χ4n) is 3.37. The number of rotatable bonds is 1. The molecule has 3 aromatic rings. The zero-order valence-electron chi connectivity index (χ0n) is 12.2. The molecule has 2 aromatic carbocycles. The molecule has 1 aliphatic rings. The van der Waals surface area contributed by atoms with Gasteiger partial charge in [0.2, 0.25) is 0 Å². The Morgan fingerprint density at radius 3 is 2.91 bits per heavy atom. The van der Waals surface area contributed by atoms with E-state index in [0.717, 1.165) is 24.2 Å². The van der Waals surface area contributed by atoms with E-state index in [1.54, 1.807) is 12.1 Å². The standard InChI is InChI=1S/C18H16ClFN2/c1-10-5-6-15-12(9-10)11-7-8-21-18(17(11)22-15)16-13(19)3-2-4-14(16)20/h2-6,9,18,21-22H,7-8H2,1H3. The van der Waals surface area contributed by atoms with Gasteiger partial charge in [0.25, 0.3) is 0 Å². The van der Waals surface area contributed by atoms with Crippen LogP contribution in [-0.4, -0.2) is 11.5 Å². The van der Waals surface area contributed by atoms with E-state index in [9.17, 15) is 4.39 Å². The van der Waals surface area contributed by atoms with Gasteiger partial charge in [-0.25, -0.2) is 4.39 Å². The maximum atomic E-state index is 14.3. The first kappa shape index (κ1) is 13.8. The van der Waals surface area contributed by atoms with Gasteiger partial charge in [0, 0.05) is 33.7 Å². The molecule has 0 amide bonds. The van der Waals surface area contributed by atoms with Crippen molar-refractivity contribution < 1.29 is 4.39 Å². The molecule has 0 fully saturated rings. The van der Waals surface area contributed by atoms with Crippen molar-refractivity contribution in [2.75, 3.05) is 6.54 Å². The number of aromatic nitrogens is 1. The molecule has 4 heteroatoms. The van der Waals surface area contributed by atoms with Crippen LogP contribution in [0.25, 0.3) is 10.9 Å². The molecular formula is C18H16ClFN2. The minimum atomic E-state index is -0.271. The zero-order chi connectivity index (χ0) is 15.3. The van der Waals surface area contributed by atoms with Crippen LogP contribution >= 0.6 is 11.6 Å². The lowest BCUT2D eigenvalue weighted by molar-refractivity contribution is 0.523. The lowest BCUT2D eigenvalue weighted by atomic mass is 9.93. The van der Waals surface area contributed by atoms with E-state index in [1.165, 1.54) is 22.6 Å². The topological polar surface area (TPSA) is 27.8 Å². The van der Waals surface area contributed by atoms with Gasteiger partial charge < -0.3 is 10.3 Å². The molecule has 0 bridgehead atoms. The van der Waals surface area contributed by atoms with Gasteiger partial charge in [-0.2, -0.15) is 0 Å². The number of benzene rings is 2. The van der Waals surface area contributed by atoms with Crippen molar-refractivity contribution in [2.45, 2.75) is 19.4 Å². The summed E-state index contributed by atoms with van der Waals surface area (Å²) in [6.07, 6.45) is 0.932. The molecule has 2 heterocycles. The van der Waals surface area contributed by atoms with Crippen molar-refractivity contribution >= 4 is 22.5 Å². The van der Waals surface area contributed by atoms with Crippen LogP contribution in [-0.2, 0) is 6.42 Å². The number of halogens is 2. The summed E-state index contributed by atoms with van der Waals surface area (Å²) in [5, 5.41) is 5.08. The van der Waals surface area contributed by atoms with E-state index in [4.69, 9.17) is 11.6 Å². The van der Waals surface area contributed by atoms with Crippen molar-refractivity contribution in [3.63, 3.8) is 0 Å². The molecule has 0 saturated carbocycles. The molecule has 0 radical (unpaired) electrons. The third kappa shape index (κ3) is 2.04. The largest absolute Gasteiger partial charge is 0.357 e. The first-order valence-corrected chi connectivity index (χ1v) is 7.81. The molecule has 2 N–H and O–H groups in total. The third-order valence-electron chi connectivity index (χ3n) is 4.40. The fourth-order valence-corrected chi connectivity index (χ4v) is 3.65. The van der Waals surface area contributed by atoms with E-state index in [2.05, 4.69) is 35.4 Å². The SMILES string of the molecule is Cc1ccc2[nH]c3c(c2c1)CCNC3c1c(F)cccc1Cl.